The SMILES string of the molecule is CCc1ccc(-c2csc3ncnc(Nc4ccc(S(=O)(=O)Nc5onc(C)c5C)cc4)c23)cc1. The van der Waals surface area contributed by atoms with E-state index in [2.05, 4.69) is 61.7 Å². The van der Waals surface area contributed by atoms with Crippen LogP contribution in [-0.4, -0.2) is 23.5 Å². The molecule has 0 aliphatic rings. The molecule has 0 unspecified atom stereocenters. The Morgan fingerprint density at radius 3 is 2.40 bits per heavy atom. The second kappa shape index (κ2) is 9.12. The molecule has 0 aliphatic heterocycles. The summed E-state index contributed by atoms with van der Waals surface area (Å²) in [6, 6.07) is 14.9. The minimum Gasteiger partial charge on any atom is -0.340 e. The zero-order chi connectivity index (χ0) is 24.6. The monoisotopic (exact) mass is 505 g/mol. The number of nitrogens with zero attached hydrogens (tertiary/aromatic N) is 3. The van der Waals surface area contributed by atoms with Crippen LogP contribution in [-0.2, 0) is 16.4 Å². The van der Waals surface area contributed by atoms with E-state index >= 15 is 0 Å². The van der Waals surface area contributed by atoms with E-state index in [0.29, 0.717) is 22.8 Å². The van der Waals surface area contributed by atoms with Crippen molar-refractivity contribution in [1.82, 2.24) is 15.1 Å². The molecular weight excluding hydrogens is 482 g/mol. The van der Waals surface area contributed by atoms with Gasteiger partial charge in [-0.2, -0.15) is 0 Å². The summed E-state index contributed by atoms with van der Waals surface area (Å²) >= 11 is 1.56. The van der Waals surface area contributed by atoms with Gasteiger partial charge in [-0.25, -0.2) is 23.1 Å². The fourth-order valence-corrected chi connectivity index (χ4v) is 5.61. The van der Waals surface area contributed by atoms with Crippen molar-refractivity contribution in [2.24, 2.45) is 0 Å². The summed E-state index contributed by atoms with van der Waals surface area (Å²) in [6.45, 7) is 5.63. The van der Waals surface area contributed by atoms with Crippen LogP contribution in [0, 0.1) is 13.8 Å². The number of aromatic nitrogens is 3. The van der Waals surface area contributed by atoms with Gasteiger partial charge in [0.25, 0.3) is 10.0 Å². The predicted octanol–water partition coefficient (Wildman–Crippen LogP) is 6.07. The van der Waals surface area contributed by atoms with Gasteiger partial charge < -0.3 is 9.84 Å². The van der Waals surface area contributed by atoms with E-state index < -0.39 is 10.0 Å². The molecule has 2 aromatic carbocycles. The maximum atomic E-state index is 12.8. The summed E-state index contributed by atoms with van der Waals surface area (Å²) in [6.07, 6.45) is 2.51. The number of nitrogens with one attached hydrogen (secondary N) is 2. The van der Waals surface area contributed by atoms with Gasteiger partial charge >= 0.3 is 0 Å². The molecule has 5 aromatic rings. The fourth-order valence-electron chi connectivity index (χ4n) is 3.65. The van der Waals surface area contributed by atoms with Crippen LogP contribution in [0.5, 0.6) is 0 Å². The summed E-state index contributed by atoms with van der Waals surface area (Å²) < 4.78 is 33.1. The van der Waals surface area contributed by atoms with Crippen molar-refractivity contribution in [2.75, 3.05) is 10.0 Å². The molecule has 2 N–H and O–H groups in total. The summed E-state index contributed by atoms with van der Waals surface area (Å²) in [5.41, 5.74) is 5.41. The molecule has 0 radical (unpaired) electrons. The first-order valence-electron chi connectivity index (χ1n) is 11.0. The van der Waals surface area contributed by atoms with Crippen molar-refractivity contribution < 1.29 is 12.9 Å². The standard InChI is InChI=1S/C25H23N5O3S2/c1-4-17-5-7-18(8-6-17)21-13-34-25-22(21)23(26-14-27-25)28-19-9-11-20(12-10-19)35(31,32)30-24-15(2)16(3)29-33-24/h5-14,30H,4H2,1-3H3,(H,26,27,28). The van der Waals surface area contributed by atoms with Crippen molar-refractivity contribution in [2.45, 2.75) is 32.1 Å². The Bertz CT molecular complexity index is 1610. The van der Waals surface area contributed by atoms with Gasteiger partial charge in [-0.3, -0.25) is 0 Å². The maximum absolute atomic E-state index is 12.8. The highest BCUT2D eigenvalue weighted by Gasteiger charge is 2.19. The lowest BCUT2D eigenvalue weighted by Crippen LogP contribution is -2.13. The molecule has 3 aromatic heterocycles. The molecule has 0 bridgehead atoms. The highest BCUT2D eigenvalue weighted by Crippen LogP contribution is 2.37. The van der Waals surface area contributed by atoms with Gasteiger partial charge in [0, 0.05) is 22.2 Å². The summed E-state index contributed by atoms with van der Waals surface area (Å²) in [7, 11) is -3.82. The summed E-state index contributed by atoms with van der Waals surface area (Å²) in [4.78, 5) is 9.87. The lowest BCUT2D eigenvalue weighted by molar-refractivity contribution is 0.430. The largest absolute Gasteiger partial charge is 0.340 e. The first-order chi connectivity index (χ1) is 16.9. The van der Waals surface area contributed by atoms with Crippen molar-refractivity contribution in [1.29, 1.82) is 0 Å². The van der Waals surface area contributed by atoms with E-state index in [1.165, 1.54) is 24.0 Å². The van der Waals surface area contributed by atoms with Gasteiger partial charge in [0.1, 0.15) is 17.0 Å². The normalized spacial score (nSPS) is 11.6. The molecule has 3 heterocycles. The highest BCUT2D eigenvalue weighted by molar-refractivity contribution is 7.92. The third kappa shape index (κ3) is 4.50. The van der Waals surface area contributed by atoms with E-state index in [-0.39, 0.29) is 10.8 Å². The van der Waals surface area contributed by atoms with Crippen LogP contribution in [0.15, 0.2) is 69.7 Å². The Labute approximate surface area is 207 Å². The molecule has 35 heavy (non-hydrogen) atoms. The molecule has 178 valence electrons. The number of rotatable bonds is 7. The van der Waals surface area contributed by atoms with E-state index in [0.717, 1.165) is 27.8 Å². The second-order valence-corrected chi connectivity index (χ2v) is 10.6. The number of hydrogen-bond acceptors (Lipinski definition) is 8. The molecule has 10 heteroatoms. The van der Waals surface area contributed by atoms with Gasteiger partial charge in [0.05, 0.1) is 16.0 Å². The molecule has 8 nitrogen and oxygen atoms in total. The van der Waals surface area contributed by atoms with E-state index in [4.69, 9.17) is 4.52 Å². The van der Waals surface area contributed by atoms with Crippen molar-refractivity contribution in [3.05, 3.63) is 77.1 Å². The Morgan fingerprint density at radius 2 is 1.74 bits per heavy atom. The van der Waals surface area contributed by atoms with E-state index in [1.54, 1.807) is 37.3 Å². The van der Waals surface area contributed by atoms with Crippen LogP contribution < -0.4 is 10.0 Å². The van der Waals surface area contributed by atoms with Crippen molar-refractivity contribution in [3.8, 4) is 11.1 Å². The zero-order valence-electron chi connectivity index (χ0n) is 19.4. The van der Waals surface area contributed by atoms with Crippen molar-refractivity contribution in [3.63, 3.8) is 0 Å². The molecule has 0 amide bonds. The van der Waals surface area contributed by atoms with Crippen LogP contribution in [0.1, 0.15) is 23.7 Å². The van der Waals surface area contributed by atoms with Gasteiger partial charge in [-0.05, 0) is 55.7 Å². The van der Waals surface area contributed by atoms with Crippen LogP contribution in [0.2, 0.25) is 0 Å². The first kappa shape index (κ1) is 23.0. The quantitative estimate of drug-likeness (QED) is 0.276. The molecule has 0 atom stereocenters. The van der Waals surface area contributed by atoms with Gasteiger partial charge in [-0.1, -0.05) is 36.3 Å². The number of benzene rings is 2. The number of thiophene rings is 1. The number of sulfonamides is 1. The Kier molecular flexibility index (Phi) is 6.00. The topological polar surface area (TPSA) is 110 Å². The van der Waals surface area contributed by atoms with Crippen LogP contribution in [0.3, 0.4) is 0 Å². The number of hydrogen-bond donors (Lipinski definition) is 2. The molecule has 0 saturated heterocycles. The molecule has 0 aliphatic carbocycles. The molecular formula is C25H23N5O3S2. The Morgan fingerprint density at radius 1 is 1.00 bits per heavy atom. The van der Waals surface area contributed by atoms with Crippen molar-refractivity contribution >= 4 is 49.0 Å². The van der Waals surface area contributed by atoms with Gasteiger partial charge in [0.2, 0.25) is 5.88 Å². The molecule has 0 spiro atoms. The average molecular weight is 506 g/mol. The number of anilines is 3. The average Bonchev–Trinajstić information content (AvgIpc) is 3.44. The Hall–Kier alpha value is -3.76. The second-order valence-electron chi connectivity index (χ2n) is 8.08. The Balaban J connectivity index is 1.42. The van der Waals surface area contributed by atoms with Gasteiger partial charge in [-0.15, -0.1) is 11.3 Å². The fraction of sp³-hybridized carbons (Fsp3) is 0.160. The highest BCUT2D eigenvalue weighted by atomic mass is 32.2. The van der Waals surface area contributed by atoms with E-state index in [1.807, 2.05) is 0 Å². The summed E-state index contributed by atoms with van der Waals surface area (Å²) in [5, 5.41) is 10.1. The predicted molar refractivity (Wildman–Crippen MR) is 139 cm³/mol. The summed E-state index contributed by atoms with van der Waals surface area (Å²) in [5.74, 6) is 0.775. The lowest BCUT2D eigenvalue weighted by atomic mass is 10.0. The molecule has 0 fully saturated rings. The molecule has 0 saturated carbocycles. The van der Waals surface area contributed by atoms with Crippen LogP contribution in [0.4, 0.5) is 17.4 Å². The smallest absolute Gasteiger partial charge is 0.264 e. The third-order valence-electron chi connectivity index (χ3n) is 5.86. The minimum atomic E-state index is -3.82. The van der Waals surface area contributed by atoms with E-state index in [9.17, 15) is 8.42 Å². The van der Waals surface area contributed by atoms with Crippen LogP contribution >= 0.6 is 11.3 Å². The number of aryl methyl sites for hydroxylation is 2. The van der Waals surface area contributed by atoms with Crippen LogP contribution in [0.25, 0.3) is 21.3 Å². The van der Waals surface area contributed by atoms with Gasteiger partial charge in [0.15, 0.2) is 0 Å². The minimum absolute atomic E-state index is 0.108. The first-order valence-corrected chi connectivity index (χ1v) is 13.4. The zero-order valence-corrected chi connectivity index (χ0v) is 21.0. The lowest BCUT2D eigenvalue weighted by Gasteiger charge is -2.10. The maximum Gasteiger partial charge on any atom is 0.264 e. The third-order valence-corrected chi connectivity index (χ3v) is 8.09. The molecule has 5 rings (SSSR count). The number of fused-ring (bicyclic) bond motifs is 1.